The summed E-state index contributed by atoms with van der Waals surface area (Å²) in [5.41, 5.74) is 1.43. The quantitative estimate of drug-likeness (QED) is 0.496. The Hall–Kier alpha value is -0.430. The van der Waals surface area contributed by atoms with E-state index in [1.807, 2.05) is 11.8 Å². The van der Waals surface area contributed by atoms with Crippen LogP contribution in [0.3, 0.4) is 0 Å². The molecule has 2 aliphatic rings. The Kier molecular flexibility index (Phi) is 1.91. The van der Waals surface area contributed by atoms with Gasteiger partial charge in [0.1, 0.15) is 0 Å². The zero-order valence-corrected chi connectivity index (χ0v) is 7.36. The summed E-state index contributed by atoms with van der Waals surface area (Å²) in [4.78, 5) is 1.53. The molecule has 1 aliphatic carbocycles. The van der Waals surface area contributed by atoms with Gasteiger partial charge in [0.25, 0.3) is 0 Å². The molecule has 11 heavy (non-hydrogen) atoms. The van der Waals surface area contributed by atoms with Crippen molar-refractivity contribution in [2.75, 3.05) is 5.75 Å². The van der Waals surface area contributed by atoms with E-state index in [0.717, 1.165) is 0 Å². The third kappa shape index (κ3) is 1.30. The van der Waals surface area contributed by atoms with Crippen LogP contribution in [0.2, 0.25) is 0 Å². The largest absolute Gasteiger partial charge is 0.130 e. The van der Waals surface area contributed by atoms with E-state index in [0.29, 0.717) is 5.92 Å². The SMILES string of the molecule is C=C1CCSC2=CC=CCC12. The van der Waals surface area contributed by atoms with Crippen LogP contribution in [0.5, 0.6) is 0 Å². The van der Waals surface area contributed by atoms with Crippen molar-refractivity contribution in [3.05, 3.63) is 35.3 Å². The zero-order valence-electron chi connectivity index (χ0n) is 6.55. The Bertz CT molecular complexity index is 235. The van der Waals surface area contributed by atoms with Crippen LogP contribution in [-0.4, -0.2) is 5.75 Å². The second kappa shape index (κ2) is 2.90. The first-order valence-corrected chi connectivity index (χ1v) is 5.03. The number of allylic oxidation sites excluding steroid dienone is 5. The molecule has 1 heteroatoms. The Balaban J connectivity index is 2.24. The van der Waals surface area contributed by atoms with Gasteiger partial charge in [-0.1, -0.05) is 30.4 Å². The Labute approximate surface area is 72.1 Å². The summed E-state index contributed by atoms with van der Waals surface area (Å²) in [6.07, 6.45) is 9.03. The van der Waals surface area contributed by atoms with Gasteiger partial charge in [0, 0.05) is 11.7 Å². The molecule has 0 saturated carbocycles. The number of thioether (sulfide) groups is 1. The third-order valence-electron chi connectivity index (χ3n) is 2.30. The molecule has 1 fully saturated rings. The molecule has 0 aromatic heterocycles. The van der Waals surface area contributed by atoms with Crippen LogP contribution < -0.4 is 0 Å². The smallest absolute Gasteiger partial charge is 0.0140 e. The van der Waals surface area contributed by atoms with Crippen molar-refractivity contribution < 1.29 is 0 Å². The van der Waals surface area contributed by atoms with Gasteiger partial charge in [-0.2, -0.15) is 0 Å². The number of fused-ring (bicyclic) bond motifs is 1. The molecule has 1 unspecified atom stereocenters. The first-order valence-electron chi connectivity index (χ1n) is 4.05. The van der Waals surface area contributed by atoms with E-state index in [-0.39, 0.29) is 0 Å². The highest BCUT2D eigenvalue weighted by molar-refractivity contribution is 8.03. The van der Waals surface area contributed by atoms with Crippen LogP contribution in [0.4, 0.5) is 0 Å². The Morgan fingerprint density at radius 2 is 2.45 bits per heavy atom. The highest BCUT2D eigenvalue weighted by Gasteiger charge is 2.22. The molecule has 0 spiro atoms. The maximum atomic E-state index is 4.11. The molecule has 0 aromatic carbocycles. The molecule has 58 valence electrons. The van der Waals surface area contributed by atoms with Crippen LogP contribution in [0.1, 0.15) is 12.8 Å². The molecule has 1 saturated heterocycles. The summed E-state index contributed by atoms with van der Waals surface area (Å²) in [7, 11) is 0. The summed E-state index contributed by atoms with van der Waals surface area (Å²) >= 11 is 2.00. The minimum atomic E-state index is 0.666. The molecule has 0 N–H and O–H groups in total. The van der Waals surface area contributed by atoms with Gasteiger partial charge in [-0.25, -0.2) is 0 Å². The maximum absolute atomic E-state index is 4.11. The van der Waals surface area contributed by atoms with E-state index in [2.05, 4.69) is 24.8 Å². The van der Waals surface area contributed by atoms with Crippen molar-refractivity contribution in [3.8, 4) is 0 Å². The molecule has 1 aliphatic heterocycles. The van der Waals surface area contributed by atoms with Gasteiger partial charge in [-0.3, -0.25) is 0 Å². The summed E-state index contributed by atoms with van der Waals surface area (Å²) in [5.74, 6) is 1.90. The highest BCUT2D eigenvalue weighted by atomic mass is 32.2. The lowest BCUT2D eigenvalue weighted by molar-refractivity contribution is 0.716. The minimum Gasteiger partial charge on any atom is -0.130 e. The van der Waals surface area contributed by atoms with Crippen molar-refractivity contribution in [1.82, 2.24) is 0 Å². The Morgan fingerprint density at radius 3 is 3.27 bits per heavy atom. The van der Waals surface area contributed by atoms with E-state index in [1.54, 1.807) is 0 Å². The monoisotopic (exact) mass is 164 g/mol. The van der Waals surface area contributed by atoms with Crippen LogP contribution in [-0.2, 0) is 0 Å². The average Bonchev–Trinajstić information content (AvgIpc) is 2.06. The summed E-state index contributed by atoms with van der Waals surface area (Å²) in [6, 6.07) is 0. The first kappa shape index (κ1) is 7.23. The fourth-order valence-corrected chi connectivity index (χ4v) is 2.84. The molecule has 2 rings (SSSR count). The van der Waals surface area contributed by atoms with Crippen molar-refractivity contribution in [1.29, 1.82) is 0 Å². The fourth-order valence-electron chi connectivity index (χ4n) is 1.60. The predicted molar refractivity (Wildman–Crippen MR) is 51.5 cm³/mol. The summed E-state index contributed by atoms with van der Waals surface area (Å²) in [5, 5.41) is 0. The van der Waals surface area contributed by atoms with Crippen molar-refractivity contribution >= 4 is 11.8 Å². The van der Waals surface area contributed by atoms with Crippen LogP contribution in [0.25, 0.3) is 0 Å². The Morgan fingerprint density at radius 1 is 1.55 bits per heavy atom. The lowest BCUT2D eigenvalue weighted by atomic mass is 9.91. The predicted octanol–water partition coefficient (Wildman–Crippen LogP) is 3.14. The first-order chi connectivity index (χ1) is 5.38. The van der Waals surface area contributed by atoms with Gasteiger partial charge < -0.3 is 0 Å². The van der Waals surface area contributed by atoms with E-state index >= 15 is 0 Å². The second-order valence-electron chi connectivity index (χ2n) is 3.04. The van der Waals surface area contributed by atoms with E-state index < -0.39 is 0 Å². The minimum absolute atomic E-state index is 0.666. The summed E-state index contributed by atoms with van der Waals surface area (Å²) < 4.78 is 0. The highest BCUT2D eigenvalue weighted by Crippen LogP contribution is 2.40. The molecule has 0 bridgehead atoms. The lowest BCUT2D eigenvalue weighted by Gasteiger charge is -2.27. The number of hydrogen-bond donors (Lipinski definition) is 0. The standard InChI is InChI=1S/C10H12S/c1-8-6-7-11-10-5-3-2-4-9(8)10/h2-3,5,9H,1,4,6-7H2. The van der Waals surface area contributed by atoms with Gasteiger partial charge in [0.15, 0.2) is 0 Å². The number of hydrogen-bond acceptors (Lipinski definition) is 1. The van der Waals surface area contributed by atoms with Crippen molar-refractivity contribution in [2.45, 2.75) is 12.8 Å². The van der Waals surface area contributed by atoms with Crippen LogP contribution in [0, 0.1) is 5.92 Å². The molecule has 0 aromatic rings. The van der Waals surface area contributed by atoms with Crippen molar-refractivity contribution in [3.63, 3.8) is 0 Å². The second-order valence-corrected chi connectivity index (χ2v) is 4.21. The third-order valence-corrected chi connectivity index (χ3v) is 3.46. The molecular formula is C10H12S. The zero-order chi connectivity index (χ0) is 7.68. The lowest BCUT2D eigenvalue weighted by Crippen LogP contribution is -2.12. The molecule has 0 radical (unpaired) electrons. The topological polar surface area (TPSA) is 0 Å². The van der Waals surface area contributed by atoms with Gasteiger partial charge >= 0.3 is 0 Å². The fraction of sp³-hybridized carbons (Fsp3) is 0.400. The molecule has 1 atom stereocenters. The van der Waals surface area contributed by atoms with Crippen molar-refractivity contribution in [2.24, 2.45) is 5.92 Å². The maximum Gasteiger partial charge on any atom is 0.0140 e. The van der Waals surface area contributed by atoms with Crippen LogP contribution >= 0.6 is 11.8 Å². The van der Waals surface area contributed by atoms with E-state index in [9.17, 15) is 0 Å². The number of rotatable bonds is 0. The molecular weight excluding hydrogens is 152 g/mol. The van der Waals surface area contributed by atoms with Gasteiger partial charge in [-0.05, 0) is 17.7 Å². The molecule has 0 nitrogen and oxygen atoms in total. The average molecular weight is 164 g/mol. The van der Waals surface area contributed by atoms with Gasteiger partial charge in [0.2, 0.25) is 0 Å². The summed E-state index contributed by atoms with van der Waals surface area (Å²) in [6.45, 7) is 4.11. The van der Waals surface area contributed by atoms with Crippen LogP contribution in [0.15, 0.2) is 35.3 Å². The van der Waals surface area contributed by atoms with Gasteiger partial charge in [-0.15, -0.1) is 11.8 Å². The normalized spacial score (nSPS) is 29.6. The molecule has 1 heterocycles. The van der Waals surface area contributed by atoms with Gasteiger partial charge in [0.05, 0.1) is 0 Å². The van der Waals surface area contributed by atoms with E-state index in [1.165, 1.54) is 29.1 Å². The van der Waals surface area contributed by atoms with E-state index in [4.69, 9.17) is 0 Å². The molecule has 0 amide bonds.